The van der Waals surface area contributed by atoms with Gasteiger partial charge in [0.25, 0.3) is 0 Å². The van der Waals surface area contributed by atoms with Crippen LogP contribution in [0.4, 0.5) is 5.69 Å². The van der Waals surface area contributed by atoms with Crippen molar-refractivity contribution < 1.29 is 4.79 Å². The number of amides is 1. The Labute approximate surface area is 96.0 Å². The van der Waals surface area contributed by atoms with Crippen LogP contribution in [0.3, 0.4) is 0 Å². The van der Waals surface area contributed by atoms with Crippen molar-refractivity contribution in [3.05, 3.63) is 29.8 Å². The first-order chi connectivity index (χ1) is 7.66. The zero-order chi connectivity index (χ0) is 11.5. The van der Waals surface area contributed by atoms with Gasteiger partial charge in [0.05, 0.1) is 0 Å². The number of benzene rings is 1. The topological polar surface area (TPSA) is 55.1 Å². The highest BCUT2D eigenvalue weighted by Crippen LogP contribution is 2.31. The Morgan fingerprint density at radius 2 is 2.25 bits per heavy atom. The van der Waals surface area contributed by atoms with E-state index in [2.05, 4.69) is 5.32 Å². The van der Waals surface area contributed by atoms with Crippen LogP contribution in [0.2, 0.25) is 0 Å². The van der Waals surface area contributed by atoms with Gasteiger partial charge in [0.15, 0.2) is 0 Å². The zero-order valence-electron chi connectivity index (χ0n) is 9.57. The average molecular weight is 218 g/mol. The minimum Gasteiger partial charge on any atom is -0.373 e. The van der Waals surface area contributed by atoms with Gasteiger partial charge in [0.2, 0.25) is 5.91 Å². The number of aryl methyl sites for hydroxylation is 1. The Hall–Kier alpha value is -1.51. The van der Waals surface area contributed by atoms with E-state index < -0.39 is 0 Å². The molecule has 0 spiro atoms. The fourth-order valence-electron chi connectivity index (χ4n) is 2.11. The number of hydrogen-bond acceptors (Lipinski definition) is 2. The normalized spacial score (nSPS) is 17.6. The molecule has 3 heteroatoms. The lowest BCUT2D eigenvalue weighted by Gasteiger charge is -2.32. The van der Waals surface area contributed by atoms with E-state index in [9.17, 15) is 4.79 Å². The summed E-state index contributed by atoms with van der Waals surface area (Å²) in [6.07, 6.45) is 3.42. The molecule has 1 fully saturated rings. The molecular weight excluding hydrogens is 200 g/mol. The van der Waals surface area contributed by atoms with Crippen LogP contribution in [0.15, 0.2) is 24.3 Å². The van der Waals surface area contributed by atoms with Crippen LogP contribution in [-0.2, 0) is 4.79 Å². The number of rotatable bonds is 4. The molecule has 1 aromatic rings. The molecular formula is C13H18N2O. The number of anilines is 1. The first-order valence-corrected chi connectivity index (χ1v) is 5.79. The third kappa shape index (κ3) is 2.35. The van der Waals surface area contributed by atoms with Crippen molar-refractivity contribution in [1.29, 1.82) is 0 Å². The number of primary amides is 1. The summed E-state index contributed by atoms with van der Waals surface area (Å²) in [6.45, 7) is 2.04. The Morgan fingerprint density at radius 1 is 1.50 bits per heavy atom. The van der Waals surface area contributed by atoms with Gasteiger partial charge in [-0.1, -0.05) is 18.6 Å². The smallest absolute Gasteiger partial charge is 0.240 e. The summed E-state index contributed by atoms with van der Waals surface area (Å²) in [5.74, 6) is 0.171. The molecule has 1 aliphatic carbocycles. The fraction of sp³-hybridized carbons (Fsp3) is 0.462. The molecule has 0 radical (unpaired) electrons. The van der Waals surface area contributed by atoms with Crippen molar-refractivity contribution in [3.8, 4) is 0 Å². The van der Waals surface area contributed by atoms with Gasteiger partial charge in [-0.15, -0.1) is 0 Å². The van der Waals surface area contributed by atoms with Gasteiger partial charge in [-0.3, -0.25) is 4.79 Å². The predicted molar refractivity (Wildman–Crippen MR) is 65.1 cm³/mol. The molecule has 0 aliphatic heterocycles. The predicted octanol–water partition coefficient (Wildman–Crippen LogP) is 2.06. The van der Waals surface area contributed by atoms with Crippen LogP contribution in [-0.4, -0.2) is 11.9 Å². The number of nitrogens with one attached hydrogen (secondary N) is 1. The molecule has 1 unspecified atom stereocenters. The third-order valence-electron chi connectivity index (χ3n) is 3.27. The van der Waals surface area contributed by atoms with E-state index in [1.807, 2.05) is 31.2 Å². The van der Waals surface area contributed by atoms with E-state index in [-0.39, 0.29) is 11.9 Å². The SMILES string of the molecule is Cc1cccc(NC(C(N)=O)C2CCC2)c1. The number of carbonyl (C=O) groups is 1. The molecule has 1 saturated carbocycles. The monoisotopic (exact) mass is 218 g/mol. The molecule has 2 rings (SSSR count). The quantitative estimate of drug-likeness (QED) is 0.812. The second-order valence-corrected chi connectivity index (χ2v) is 4.58. The number of nitrogens with two attached hydrogens (primary N) is 1. The summed E-state index contributed by atoms with van der Waals surface area (Å²) in [6, 6.07) is 7.82. The lowest BCUT2D eigenvalue weighted by atomic mass is 9.79. The van der Waals surface area contributed by atoms with Crippen molar-refractivity contribution >= 4 is 11.6 Å². The second-order valence-electron chi connectivity index (χ2n) is 4.58. The van der Waals surface area contributed by atoms with Crippen LogP contribution in [0.5, 0.6) is 0 Å². The molecule has 0 saturated heterocycles. The maximum absolute atomic E-state index is 11.4. The van der Waals surface area contributed by atoms with E-state index >= 15 is 0 Å². The van der Waals surface area contributed by atoms with Gasteiger partial charge >= 0.3 is 0 Å². The maximum Gasteiger partial charge on any atom is 0.240 e. The minimum atomic E-state index is -0.244. The zero-order valence-corrected chi connectivity index (χ0v) is 9.57. The Balaban J connectivity index is 2.07. The van der Waals surface area contributed by atoms with Gasteiger partial charge in [-0.2, -0.15) is 0 Å². The Morgan fingerprint density at radius 3 is 2.75 bits per heavy atom. The molecule has 0 heterocycles. The summed E-state index contributed by atoms with van der Waals surface area (Å²) in [7, 11) is 0. The van der Waals surface area contributed by atoms with Crippen LogP contribution < -0.4 is 11.1 Å². The van der Waals surface area contributed by atoms with Crippen molar-refractivity contribution in [2.75, 3.05) is 5.32 Å². The van der Waals surface area contributed by atoms with E-state index in [0.717, 1.165) is 18.5 Å². The van der Waals surface area contributed by atoms with Crippen LogP contribution in [0.25, 0.3) is 0 Å². The van der Waals surface area contributed by atoms with Crippen molar-refractivity contribution in [2.45, 2.75) is 32.2 Å². The van der Waals surface area contributed by atoms with Crippen molar-refractivity contribution in [3.63, 3.8) is 0 Å². The second kappa shape index (κ2) is 4.56. The standard InChI is InChI=1S/C13H18N2O/c1-9-4-2-7-11(8-9)15-12(13(14)16)10-5-3-6-10/h2,4,7-8,10,12,15H,3,5-6H2,1H3,(H2,14,16). The Bertz CT molecular complexity index is 385. The van der Waals surface area contributed by atoms with Gasteiger partial charge in [-0.05, 0) is 43.4 Å². The molecule has 3 N–H and O–H groups in total. The lowest BCUT2D eigenvalue weighted by Crippen LogP contribution is -2.44. The van der Waals surface area contributed by atoms with Gasteiger partial charge < -0.3 is 11.1 Å². The summed E-state index contributed by atoms with van der Waals surface area (Å²) < 4.78 is 0. The summed E-state index contributed by atoms with van der Waals surface area (Å²) >= 11 is 0. The molecule has 16 heavy (non-hydrogen) atoms. The summed E-state index contributed by atoms with van der Waals surface area (Å²) in [5, 5.41) is 3.25. The molecule has 86 valence electrons. The molecule has 0 bridgehead atoms. The lowest BCUT2D eigenvalue weighted by molar-refractivity contribution is -0.120. The third-order valence-corrected chi connectivity index (χ3v) is 3.27. The molecule has 1 amide bonds. The van der Waals surface area contributed by atoms with Gasteiger partial charge in [0.1, 0.15) is 6.04 Å². The van der Waals surface area contributed by atoms with Crippen LogP contribution >= 0.6 is 0 Å². The maximum atomic E-state index is 11.4. The van der Waals surface area contributed by atoms with E-state index in [0.29, 0.717) is 5.92 Å². The van der Waals surface area contributed by atoms with Crippen molar-refractivity contribution in [2.24, 2.45) is 11.7 Å². The van der Waals surface area contributed by atoms with Gasteiger partial charge in [-0.25, -0.2) is 0 Å². The van der Waals surface area contributed by atoms with Crippen molar-refractivity contribution in [1.82, 2.24) is 0 Å². The van der Waals surface area contributed by atoms with E-state index in [1.54, 1.807) is 0 Å². The minimum absolute atomic E-state index is 0.212. The largest absolute Gasteiger partial charge is 0.373 e. The van der Waals surface area contributed by atoms with E-state index in [1.165, 1.54) is 12.0 Å². The molecule has 1 aromatic carbocycles. The highest BCUT2D eigenvalue weighted by atomic mass is 16.1. The summed E-state index contributed by atoms with van der Waals surface area (Å²) in [5.41, 5.74) is 7.60. The molecule has 1 atom stereocenters. The molecule has 3 nitrogen and oxygen atoms in total. The average Bonchev–Trinajstić information content (AvgIpc) is 2.14. The van der Waals surface area contributed by atoms with Crippen LogP contribution in [0, 0.1) is 12.8 Å². The number of hydrogen-bond donors (Lipinski definition) is 2. The van der Waals surface area contributed by atoms with Gasteiger partial charge in [0, 0.05) is 5.69 Å². The number of carbonyl (C=O) groups excluding carboxylic acids is 1. The molecule has 0 aromatic heterocycles. The fourth-order valence-corrected chi connectivity index (χ4v) is 2.11. The Kier molecular flexibility index (Phi) is 3.13. The highest BCUT2D eigenvalue weighted by Gasteiger charge is 2.30. The van der Waals surface area contributed by atoms with Crippen LogP contribution in [0.1, 0.15) is 24.8 Å². The van der Waals surface area contributed by atoms with E-state index in [4.69, 9.17) is 5.73 Å². The molecule has 1 aliphatic rings. The summed E-state index contributed by atoms with van der Waals surface area (Å²) in [4.78, 5) is 11.4. The highest BCUT2D eigenvalue weighted by molar-refractivity contribution is 5.83. The first kappa shape index (κ1) is 11.0. The first-order valence-electron chi connectivity index (χ1n) is 5.79.